The average Bonchev–Trinajstić information content (AvgIpc) is 3.21. The molecule has 0 spiro atoms. The minimum absolute atomic E-state index is 0.0573. The smallest absolute Gasteiger partial charge is 0.224 e. The van der Waals surface area contributed by atoms with Gasteiger partial charge in [0, 0.05) is 12.6 Å². The minimum Gasteiger partial charge on any atom is -0.508 e. The summed E-state index contributed by atoms with van der Waals surface area (Å²) in [6.45, 7) is 1.86. The van der Waals surface area contributed by atoms with Gasteiger partial charge in [-0.3, -0.25) is 9.78 Å². The SMILES string of the molecule is C[C@H](Nc1nc(C(=O)CCCc2cccc(O)c2)c2sccc2n1)c1cncc(F)c1. The molecule has 6 nitrogen and oxygen atoms in total. The highest BCUT2D eigenvalue weighted by molar-refractivity contribution is 7.17. The summed E-state index contributed by atoms with van der Waals surface area (Å²) >= 11 is 1.43. The maximum Gasteiger partial charge on any atom is 0.224 e. The Labute approximate surface area is 182 Å². The first-order valence-electron chi connectivity index (χ1n) is 9.93. The number of Topliss-reactive ketones (excluding diaryl/α,β-unsaturated/α-hetero) is 1. The molecule has 4 rings (SSSR count). The van der Waals surface area contributed by atoms with Crippen LogP contribution in [0.15, 0.2) is 54.2 Å². The van der Waals surface area contributed by atoms with E-state index in [1.807, 2.05) is 24.4 Å². The van der Waals surface area contributed by atoms with Gasteiger partial charge >= 0.3 is 0 Å². The molecule has 1 aromatic carbocycles. The number of carbonyl (C=O) groups is 1. The van der Waals surface area contributed by atoms with Crippen LogP contribution in [0.5, 0.6) is 5.75 Å². The lowest BCUT2D eigenvalue weighted by Crippen LogP contribution is -2.12. The summed E-state index contributed by atoms with van der Waals surface area (Å²) in [6, 6.07) is 10.0. The Balaban J connectivity index is 1.50. The second kappa shape index (κ2) is 9.18. The minimum atomic E-state index is -0.414. The predicted octanol–water partition coefficient (Wildman–Crippen LogP) is 5.31. The van der Waals surface area contributed by atoms with E-state index in [1.54, 1.807) is 24.4 Å². The fraction of sp³-hybridized carbons (Fsp3) is 0.217. The Bertz CT molecular complexity index is 1230. The van der Waals surface area contributed by atoms with Gasteiger partial charge in [-0.1, -0.05) is 12.1 Å². The molecule has 1 atom stereocenters. The normalized spacial score (nSPS) is 12.1. The van der Waals surface area contributed by atoms with Crippen LogP contribution in [0.1, 0.15) is 47.4 Å². The molecule has 0 aliphatic rings. The van der Waals surface area contributed by atoms with Gasteiger partial charge in [-0.05, 0) is 60.5 Å². The van der Waals surface area contributed by atoms with Gasteiger partial charge in [-0.25, -0.2) is 14.4 Å². The Morgan fingerprint density at radius 3 is 2.90 bits per heavy atom. The molecule has 2 N–H and O–H groups in total. The average molecular weight is 437 g/mol. The topological polar surface area (TPSA) is 88.0 Å². The van der Waals surface area contributed by atoms with Crippen molar-refractivity contribution in [3.8, 4) is 5.75 Å². The first-order chi connectivity index (χ1) is 15.0. The number of hydrogen-bond donors (Lipinski definition) is 2. The molecule has 8 heteroatoms. The van der Waals surface area contributed by atoms with Crippen LogP contribution in [-0.4, -0.2) is 25.8 Å². The molecule has 3 heterocycles. The number of carbonyl (C=O) groups excluding carboxylic acids is 1. The third-order valence-electron chi connectivity index (χ3n) is 4.92. The van der Waals surface area contributed by atoms with E-state index < -0.39 is 5.82 Å². The zero-order valence-electron chi connectivity index (χ0n) is 16.9. The Morgan fingerprint density at radius 1 is 1.23 bits per heavy atom. The lowest BCUT2D eigenvalue weighted by Gasteiger charge is -2.14. The number of rotatable bonds is 8. The van der Waals surface area contributed by atoms with Crippen LogP contribution in [0, 0.1) is 5.82 Å². The summed E-state index contributed by atoms with van der Waals surface area (Å²) in [4.78, 5) is 25.8. The monoisotopic (exact) mass is 436 g/mol. The van der Waals surface area contributed by atoms with E-state index in [2.05, 4.69) is 20.3 Å². The Hall–Kier alpha value is -3.39. The molecule has 3 aromatic heterocycles. The third kappa shape index (κ3) is 5.03. The summed E-state index contributed by atoms with van der Waals surface area (Å²) in [5.74, 6) is 0.0679. The number of benzene rings is 1. The van der Waals surface area contributed by atoms with Gasteiger partial charge in [0.15, 0.2) is 5.78 Å². The van der Waals surface area contributed by atoms with Crippen LogP contribution < -0.4 is 5.32 Å². The van der Waals surface area contributed by atoms with Crippen molar-refractivity contribution < 1.29 is 14.3 Å². The highest BCUT2D eigenvalue weighted by Crippen LogP contribution is 2.27. The Kier molecular flexibility index (Phi) is 6.18. The molecule has 0 saturated heterocycles. The fourth-order valence-corrected chi connectivity index (χ4v) is 4.18. The first kappa shape index (κ1) is 20.9. The van der Waals surface area contributed by atoms with Crippen molar-refractivity contribution in [2.24, 2.45) is 0 Å². The van der Waals surface area contributed by atoms with Crippen molar-refractivity contribution >= 4 is 33.3 Å². The highest BCUT2D eigenvalue weighted by Gasteiger charge is 2.17. The summed E-state index contributed by atoms with van der Waals surface area (Å²) in [6.07, 6.45) is 4.40. The van der Waals surface area contributed by atoms with E-state index in [1.165, 1.54) is 17.4 Å². The molecule has 158 valence electrons. The van der Waals surface area contributed by atoms with Crippen LogP contribution in [-0.2, 0) is 6.42 Å². The molecule has 0 aliphatic heterocycles. The molecular formula is C23H21FN4O2S. The number of anilines is 1. The molecule has 0 unspecified atom stereocenters. The number of phenols is 1. The zero-order chi connectivity index (χ0) is 21.8. The molecule has 0 fully saturated rings. The van der Waals surface area contributed by atoms with Crippen LogP contribution in [0.3, 0.4) is 0 Å². The van der Waals surface area contributed by atoms with Crippen molar-refractivity contribution in [3.63, 3.8) is 0 Å². The first-order valence-corrected chi connectivity index (χ1v) is 10.8. The molecule has 0 radical (unpaired) electrons. The number of fused-ring (bicyclic) bond motifs is 1. The van der Waals surface area contributed by atoms with E-state index in [9.17, 15) is 14.3 Å². The van der Waals surface area contributed by atoms with Crippen LogP contribution in [0.4, 0.5) is 10.3 Å². The second-order valence-electron chi connectivity index (χ2n) is 7.28. The number of hydrogen-bond acceptors (Lipinski definition) is 7. The standard InChI is InChI=1S/C23H21FN4O2S/c1-14(16-11-17(24)13-25-12-16)26-23-27-19-8-9-31-22(19)21(28-23)20(30)7-3-5-15-4-2-6-18(29)10-15/h2,4,6,8-14,29H,3,5,7H2,1H3,(H,26,27,28)/t14-/m0/s1. The second-order valence-corrected chi connectivity index (χ2v) is 8.20. The summed E-state index contributed by atoms with van der Waals surface area (Å²) in [5, 5.41) is 14.6. The van der Waals surface area contributed by atoms with Gasteiger partial charge in [0.25, 0.3) is 0 Å². The number of phenolic OH excluding ortho intramolecular Hbond substituents is 1. The maximum atomic E-state index is 13.5. The summed E-state index contributed by atoms with van der Waals surface area (Å²) in [5.41, 5.74) is 2.73. The van der Waals surface area contributed by atoms with Gasteiger partial charge in [-0.2, -0.15) is 0 Å². The number of ketones is 1. The van der Waals surface area contributed by atoms with Crippen LogP contribution >= 0.6 is 11.3 Å². The van der Waals surface area contributed by atoms with Crippen molar-refractivity contribution in [2.75, 3.05) is 5.32 Å². The summed E-state index contributed by atoms with van der Waals surface area (Å²) < 4.78 is 14.2. The van der Waals surface area contributed by atoms with Gasteiger partial charge in [0.1, 0.15) is 17.3 Å². The van der Waals surface area contributed by atoms with Crippen molar-refractivity contribution in [3.05, 3.63) is 76.8 Å². The molecule has 0 bridgehead atoms. The number of thiophene rings is 1. The molecule has 0 amide bonds. The Morgan fingerprint density at radius 2 is 2.10 bits per heavy atom. The molecule has 0 aliphatic carbocycles. The predicted molar refractivity (Wildman–Crippen MR) is 119 cm³/mol. The number of aromatic nitrogens is 3. The number of halogens is 1. The zero-order valence-corrected chi connectivity index (χ0v) is 17.7. The molecule has 0 saturated carbocycles. The quantitative estimate of drug-likeness (QED) is 0.364. The number of pyridine rings is 1. The molecule has 31 heavy (non-hydrogen) atoms. The van der Waals surface area contributed by atoms with E-state index >= 15 is 0 Å². The number of aryl methyl sites for hydroxylation is 1. The third-order valence-corrected chi connectivity index (χ3v) is 5.83. The van der Waals surface area contributed by atoms with E-state index in [-0.39, 0.29) is 17.6 Å². The lowest BCUT2D eigenvalue weighted by atomic mass is 10.0. The number of nitrogens with zero attached hydrogens (tertiary/aromatic N) is 3. The van der Waals surface area contributed by atoms with Crippen molar-refractivity contribution in [2.45, 2.75) is 32.2 Å². The van der Waals surface area contributed by atoms with E-state index in [0.717, 1.165) is 16.5 Å². The van der Waals surface area contributed by atoms with Crippen molar-refractivity contribution in [1.29, 1.82) is 0 Å². The number of nitrogens with one attached hydrogen (secondary N) is 1. The number of aromatic hydroxyl groups is 1. The van der Waals surface area contributed by atoms with Crippen molar-refractivity contribution in [1.82, 2.24) is 15.0 Å². The van der Waals surface area contributed by atoms with Gasteiger partial charge < -0.3 is 10.4 Å². The van der Waals surface area contributed by atoms with Gasteiger partial charge in [0.2, 0.25) is 5.95 Å². The summed E-state index contributed by atoms with van der Waals surface area (Å²) in [7, 11) is 0. The van der Waals surface area contributed by atoms with E-state index in [4.69, 9.17) is 0 Å². The largest absolute Gasteiger partial charge is 0.508 e. The van der Waals surface area contributed by atoms with Gasteiger partial charge in [-0.15, -0.1) is 11.3 Å². The molecule has 4 aromatic rings. The lowest BCUT2D eigenvalue weighted by molar-refractivity contribution is 0.0977. The molecular weight excluding hydrogens is 415 g/mol. The van der Waals surface area contributed by atoms with Crippen LogP contribution in [0.25, 0.3) is 10.2 Å². The van der Waals surface area contributed by atoms with Crippen LogP contribution in [0.2, 0.25) is 0 Å². The van der Waals surface area contributed by atoms with E-state index in [0.29, 0.717) is 42.0 Å². The highest BCUT2D eigenvalue weighted by atomic mass is 32.1. The maximum absolute atomic E-state index is 13.5. The fourth-order valence-electron chi connectivity index (χ4n) is 3.34. The van der Waals surface area contributed by atoms with Gasteiger partial charge in [0.05, 0.1) is 22.5 Å².